The van der Waals surface area contributed by atoms with Crippen molar-refractivity contribution in [1.82, 2.24) is 0 Å². The highest BCUT2D eigenvalue weighted by molar-refractivity contribution is 7.99. The van der Waals surface area contributed by atoms with Gasteiger partial charge < -0.3 is 29.2 Å². The van der Waals surface area contributed by atoms with Gasteiger partial charge in [-0.2, -0.15) is 23.5 Å². The average molecular weight is 793 g/mol. The zero-order valence-electron chi connectivity index (χ0n) is 33.6. The Morgan fingerprint density at radius 3 is 1.74 bits per heavy atom. The Hall–Kier alpha value is -3.06. The maximum atomic E-state index is 11.7. The van der Waals surface area contributed by atoms with Crippen LogP contribution in [0.5, 0.6) is 0 Å². The van der Waals surface area contributed by atoms with Gasteiger partial charge in [0.05, 0.1) is 57.9 Å². The largest absolute Gasteiger partial charge is 0.481 e. The van der Waals surface area contributed by atoms with E-state index in [2.05, 4.69) is 81.0 Å². The number of rotatable bonds is 26. The molecule has 2 aromatic carbocycles. The molecule has 5 unspecified atom stereocenters. The number of benzene rings is 2. The number of carboxylic acids is 2. The van der Waals surface area contributed by atoms with Crippen molar-refractivity contribution >= 4 is 47.4 Å². The predicted octanol–water partition coefficient (Wildman–Crippen LogP) is 8.84. The number of methoxy groups -OCH3 is 2. The van der Waals surface area contributed by atoms with Crippen LogP contribution < -0.4 is 0 Å². The Morgan fingerprint density at radius 1 is 0.778 bits per heavy atom. The van der Waals surface area contributed by atoms with Crippen LogP contribution in [0.15, 0.2) is 48.5 Å². The lowest BCUT2D eigenvalue weighted by Crippen LogP contribution is -2.34. The van der Waals surface area contributed by atoms with Crippen molar-refractivity contribution in [2.75, 3.05) is 50.4 Å². The highest BCUT2D eigenvalue weighted by Crippen LogP contribution is 2.31. The number of aliphatic carboxylic acids is 2. The zero-order valence-corrected chi connectivity index (χ0v) is 35.2. The van der Waals surface area contributed by atoms with Gasteiger partial charge in [-0.15, -0.1) is 0 Å². The van der Waals surface area contributed by atoms with E-state index in [0.717, 1.165) is 29.7 Å². The molecule has 5 atom stereocenters. The van der Waals surface area contributed by atoms with Crippen molar-refractivity contribution in [3.63, 3.8) is 0 Å². The summed E-state index contributed by atoms with van der Waals surface area (Å²) in [5.74, 6) is -0.0667. The third-order valence-corrected chi connectivity index (χ3v) is 11.8. The van der Waals surface area contributed by atoms with Gasteiger partial charge in [0.1, 0.15) is 0 Å². The van der Waals surface area contributed by atoms with E-state index in [1.807, 2.05) is 0 Å². The van der Waals surface area contributed by atoms with Crippen LogP contribution in [0.1, 0.15) is 108 Å². The second-order valence-corrected chi connectivity index (χ2v) is 16.2. The van der Waals surface area contributed by atoms with Gasteiger partial charge in [0.2, 0.25) is 0 Å². The average Bonchev–Trinajstić information content (AvgIpc) is 3.17. The summed E-state index contributed by atoms with van der Waals surface area (Å²) in [6.45, 7) is 14.4. The van der Waals surface area contributed by atoms with Gasteiger partial charge in [-0.25, -0.2) is 0 Å². The maximum absolute atomic E-state index is 11.7. The number of carbonyl (C=O) groups excluding carboxylic acids is 2. The van der Waals surface area contributed by atoms with Gasteiger partial charge in [-0.05, 0) is 66.7 Å². The van der Waals surface area contributed by atoms with Gasteiger partial charge in [-0.1, -0.05) is 83.1 Å². The van der Waals surface area contributed by atoms with Crippen LogP contribution in [-0.4, -0.2) is 84.5 Å². The molecule has 0 saturated heterocycles. The number of carboxylic acid groups (broad SMARTS) is 2. The fourth-order valence-corrected chi connectivity index (χ4v) is 7.50. The summed E-state index contributed by atoms with van der Waals surface area (Å²) in [5.41, 5.74) is 4.01. The smallest absolute Gasteiger partial charge is 0.310 e. The van der Waals surface area contributed by atoms with Crippen LogP contribution in [0, 0.1) is 17.3 Å². The first-order chi connectivity index (χ1) is 25.7. The minimum Gasteiger partial charge on any atom is -0.481 e. The van der Waals surface area contributed by atoms with Crippen LogP contribution in [0.25, 0.3) is 0 Å². The minimum atomic E-state index is -0.969. The van der Waals surface area contributed by atoms with Crippen molar-refractivity contribution in [2.45, 2.75) is 98.7 Å². The van der Waals surface area contributed by atoms with E-state index in [1.54, 1.807) is 13.8 Å². The second kappa shape index (κ2) is 27.5. The number of hydrogen-bond donors (Lipinski definition) is 2. The summed E-state index contributed by atoms with van der Waals surface area (Å²) in [5, 5.41) is 18.8. The number of thioether (sulfide) groups is 2. The van der Waals surface area contributed by atoms with E-state index in [1.165, 1.54) is 48.9 Å². The van der Waals surface area contributed by atoms with Crippen molar-refractivity contribution in [3.8, 4) is 0 Å². The van der Waals surface area contributed by atoms with Crippen LogP contribution in [0.2, 0.25) is 0 Å². The topological polar surface area (TPSA) is 146 Å². The molecular weight excluding hydrogens is 729 g/mol. The van der Waals surface area contributed by atoms with E-state index in [0.29, 0.717) is 61.9 Å². The van der Waals surface area contributed by atoms with Crippen LogP contribution >= 0.6 is 23.5 Å². The van der Waals surface area contributed by atoms with Crippen LogP contribution in [0.3, 0.4) is 0 Å². The quantitative estimate of drug-likeness (QED) is 0.0693. The van der Waals surface area contributed by atoms with Gasteiger partial charge in [0.25, 0.3) is 0 Å². The SMILES string of the molecule is CCC(C)c1cccc(COCCSCC(C)(CC(C)C(=O)OC)C(=O)O)c1.CCC(C)c1cccc(COCCSCC(CCC(=O)OC)C(=O)O)c1. The zero-order chi connectivity index (χ0) is 40.5. The lowest BCUT2D eigenvalue weighted by molar-refractivity contribution is -0.151. The molecule has 0 fully saturated rings. The molecule has 0 aliphatic rings. The minimum absolute atomic E-state index is 0.136. The molecule has 304 valence electrons. The molecule has 0 radical (unpaired) electrons. The molecular formula is C42H64O10S2. The summed E-state index contributed by atoms with van der Waals surface area (Å²) in [7, 11) is 2.63. The Bertz CT molecular complexity index is 1400. The highest BCUT2D eigenvalue weighted by Gasteiger charge is 2.36. The molecule has 0 aromatic heterocycles. The molecule has 0 spiro atoms. The number of hydrogen-bond acceptors (Lipinski definition) is 10. The Kier molecular flexibility index (Phi) is 24.9. The lowest BCUT2D eigenvalue weighted by Gasteiger charge is -2.26. The van der Waals surface area contributed by atoms with E-state index in [-0.39, 0.29) is 24.8 Å². The van der Waals surface area contributed by atoms with E-state index < -0.39 is 29.2 Å². The van der Waals surface area contributed by atoms with Crippen molar-refractivity contribution in [2.24, 2.45) is 17.3 Å². The molecule has 12 heteroatoms. The van der Waals surface area contributed by atoms with Crippen LogP contribution in [0.4, 0.5) is 0 Å². The van der Waals surface area contributed by atoms with Gasteiger partial charge in [-0.3, -0.25) is 19.2 Å². The number of esters is 2. The summed E-state index contributed by atoms with van der Waals surface area (Å²) in [4.78, 5) is 45.6. The van der Waals surface area contributed by atoms with E-state index >= 15 is 0 Å². The van der Waals surface area contributed by atoms with Crippen molar-refractivity contribution in [1.29, 1.82) is 0 Å². The molecule has 2 aromatic rings. The third-order valence-electron chi connectivity index (χ3n) is 9.44. The van der Waals surface area contributed by atoms with E-state index in [4.69, 9.17) is 14.2 Å². The van der Waals surface area contributed by atoms with Crippen molar-refractivity contribution in [3.05, 3.63) is 70.8 Å². The first kappa shape index (κ1) is 49.0. The number of carbonyl (C=O) groups is 4. The Morgan fingerprint density at radius 2 is 1.30 bits per heavy atom. The molecule has 0 bridgehead atoms. The standard InChI is InChI=1S/C22H34O5S.C20H30O5S/c1-6-16(2)19-9-7-8-18(12-19)14-27-10-11-28-15-22(4,21(24)25)13-17(3)20(23)26-5;1-4-15(2)17-7-5-6-16(12-17)13-25-10-11-26-14-18(20(22)23)8-9-19(21)24-3/h7-9,12,16-17H,6,10-11,13-15H2,1-5H3,(H,24,25);5-7,12,15,18H,4,8-11,13-14H2,1-3H3,(H,22,23). The molecule has 2 rings (SSSR count). The monoisotopic (exact) mass is 792 g/mol. The molecule has 2 N–H and O–H groups in total. The normalized spacial score (nSPS) is 14.4. The molecule has 54 heavy (non-hydrogen) atoms. The first-order valence-corrected chi connectivity index (χ1v) is 21.1. The molecule has 0 aliphatic carbocycles. The summed E-state index contributed by atoms with van der Waals surface area (Å²) < 4.78 is 20.7. The fourth-order valence-electron chi connectivity index (χ4n) is 5.43. The summed E-state index contributed by atoms with van der Waals surface area (Å²) >= 11 is 3.08. The Labute approximate surface area is 331 Å². The highest BCUT2D eigenvalue weighted by atomic mass is 32.2. The van der Waals surface area contributed by atoms with Gasteiger partial charge in [0.15, 0.2) is 0 Å². The molecule has 0 aliphatic heterocycles. The Balaban J connectivity index is 0.000000541. The van der Waals surface area contributed by atoms with Crippen LogP contribution in [-0.2, 0) is 51.3 Å². The number of ether oxygens (including phenoxy) is 4. The van der Waals surface area contributed by atoms with Gasteiger partial charge in [0, 0.05) is 29.4 Å². The summed E-state index contributed by atoms with van der Waals surface area (Å²) in [6, 6.07) is 16.9. The van der Waals surface area contributed by atoms with Crippen molar-refractivity contribution < 1.29 is 48.3 Å². The summed E-state index contributed by atoms with van der Waals surface area (Å²) in [6.07, 6.45) is 2.92. The van der Waals surface area contributed by atoms with Gasteiger partial charge >= 0.3 is 23.9 Å². The molecule has 10 nitrogen and oxygen atoms in total. The first-order valence-electron chi connectivity index (χ1n) is 18.8. The maximum Gasteiger partial charge on any atom is 0.310 e. The molecule has 0 amide bonds. The molecule has 0 saturated carbocycles. The second-order valence-electron chi connectivity index (χ2n) is 14.0. The fraction of sp³-hybridized carbons (Fsp3) is 0.619. The predicted molar refractivity (Wildman–Crippen MR) is 218 cm³/mol. The third kappa shape index (κ3) is 19.5. The van der Waals surface area contributed by atoms with E-state index in [9.17, 15) is 29.4 Å². The lowest BCUT2D eigenvalue weighted by atomic mass is 9.83. The molecule has 0 heterocycles.